The van der Waals surface area contributed by atoms with E-state index < -0.39 is 0 Å². The van der Waals surface area contributed by atoms with Gasteiger partial charge in [0, 0.05) is 16.5 Å². The molecule has 2 aromatic rings. The van der Waals surface area contributed by atoms with E-state index in [1.807, 2.05) is 19.2 Å². The Labute approximate surface area is 97.2 Å². The molecule has 15 heavy (non-hydrogen) atoms. The average molecular weight is 239 g/mol. The van der Waals surface area contributed by atoms with Gasteiger partial charge in [-0.1, -0.05) is 0 Å². The van der Waals surface area contributed by atoms with Crippen LogP contribution in [0.4, 0.5) is 5.13 Å². The Hall–Kier alpha value is -0.940. The topological polar surface area (TPSA) is 37.8 Å². The molecular formula is C10H13N3S2. The van der Waals surface area contributed by atoms with Crippen molar-refractivity contribution >= 4 is 27.8 Å². The van der Waals surface area contributed by atoms with Crippen LogP contribution in [0.15, 0.2) is 10.8 Å². The number of aryl methyl sites for hydroxylation is 2. The summed E-state index contributed by atoms with van der Waals surface area (Å²) in [6.07, 6.45) is 0. The van der Waals surface area contributed by atoms with E-state index in [9.17, 15) is 0 Å². The Bertz CT molecular complexity index is 447. The molecule has 0 spiro atoms. The predicted octanol–water partition coefficient (Wildman–Crippen LogP) is 3.39. The Morgan fingerprint density at radius 3 is 2.33 bits per heavy atom. The number of nitrogens with one attached hydrogen (secondary N) is 1. The fraction of sp³-hybridized carbons (Fsp3) is 0.400. The van der Waals surface area contributed by atoms with Crippen molar-refractivity contribution in [2.75, 3.05) is 5.32 Å². The molecule has 5 heteroatoms. The number of hydrogen-bond donors (Lipinski definition) is 1. The first-order valence-electron chi connectivity index (χ1n) is 4.76. The van der Waals surface area contributed by atoms with E-state index in [0.717, 1.165) is 21.5 Å². The predicted molar refractivity (Wildman–Crippen MR) is 65.7 cm³/mol. The largest absolute Gasteiger partial charge is 0.353 e. The molecule has 2 rings (SSSR count). The van der Waals surface area contributed by atoms with Gasteiger partial charge in [0.05, 0.1) is 11.7 Å². The molecule has 0 amide bonds. The summed E-state index contributed by atoms with van der Waals surface area (Å²) in [5.74, 6) is 0. The van der Waals surface area contributed by atoms with E-state index in [4.69, 9.17) is 0 Å². The van der Waals surface area contributed by atoms with E-state index in [0.29, 0.717) is 0 Å². The van der Waals surface area contributed by atoms with E-state index in [-0.39, 0.29) is 6.04 Å². The zero-order valence-corrected chi connectivity index (χ0v) is 10.6. The van der Waals surface area contributed by atoms with Gasteiger partial charge in [-0.3, -0.25) is 0 Å². The van der Waals surface area contributed by atoms with Gasteiger partial charge in [0.25, 0.3) is 0 Å². The summed E-state index contributed by atoms with van der Waals surface area (Å²) >= 11 is 3.32. The first-order valence-corrected chi connectivity index (χ1v) is 6.52. The zero-order chi connectivity index (χ0) is 10.8. The van der Waals surface area contributed by atoms with Gasteiger partial charge in [-0.25, -0.2) is 9.97 Å². The minimum absolute atomic E-state index is 0.231. The molecule has 0 aliphatic carbocycles. The second-order valence-corrected chi connectivity index (χ2v) is 5.23. The highest BCUT2D eigenvalue weighted by atomic mass is 32.1. The van der Waals surface area contributed by atoms with Gasteiger partial charge in [0.2, 0.25) is 0 Å². The Kier molecular flexibility index (Phi) is 3.02. The molecule has 0 aliphatic heterocycles. The van der Waals surface area contributed by atoms with Crippen molar-refractivity contribution < 1.29 is 0 Å². The lowest BCUT2D eigenvalue weighted by atomic mass is 10.3. The third kappa shape index (κ3) is 2.54. The average Bonchev–Trinajstić information content (AvgIpc) is 2.75. The van der Waals surface area contributed by atoms with Gasteiger partial charge >= 0.3 is 0 Å². The van der Waals surface area contributed by atoms with Crippen LogP contribution in [0.25, 0.3) is 0 Å². The fourth-order valence-corrected chi connectivity index (χ4v) is 2.82. The molecule has 0 bridgehead atoms. The molecule has 80 valence electrons. The molecular weight excluding hydrogens is 226 g/mol. The summed E-state index contributed by atoms with van der Waals surface area (Å²) in [6.45, 7) is 6.12. The van der Waals surface area contributed by atoms with Crippen LogP contribution < -0.4 is 5.32 Å². The number of anilines is 1. The van der Waals surface area contributed by atoms with Crippen molar-refractivity contribution in [2.24, 2.45) is 0 Å². The third-order valence-electron chi connectivity index (χ3n) is 1.97. The maximum Gasteiger partial charge on any atom is 0.183 e. The van der Waals surface area contributed by atoms with Crippen molar-refractivity contribution in [3.8, 4) is 0 Å². The van der Waals surface area contributed by atoms with Gasteiger partial charge in [0.1, 0.15) is 5.01 Å². The Balaban J connectivity index is 2.06. The number of aromatic nitrogens is 2. The second kappa shape index (κ2) is 4.28. The van der Waals surface area contributed by atoms with Crippen LogP contribution in [0.1, 0.15) is 29.4 Å². The molecule has 1 N–H and O–H groups in total. The highest BCUT2D eigenvalue weighted by Crippen LogP contribution is 2.24. The molecule has 0 saturated heterocycles. The van der Waals surface area contributed by atoms with E-state index in [1.54, 1.807) is 22.7 Å². The molecule has 0 aromatic carbocycles. The molecule has 2 aromatic heterocycles. The number of nitrogens with zero attached hydrogens (tertiary/aromatic N) is 2. The van der Waals surface area contributed by atoms with Crippen LogP contribution in [0.5, 0.6) is 0 Å². The van der Waals surface area contributed by atoms with E-state index in [1.165, 1.54) is 0 Å². The van der Waals surface area contributed by atoms with Crippen LogP contribution in [-0.2, 0) is 0 Å². The van der Waals surface area contributed by atoms with Gasteiger partial charge < -0.3 is 5.32 Å². The van der Waals surface area contributed by atoms with Crippen molar-refractivity contribution in [1.82, 2.24) is 9.97 Å². The van der Waals surface area contributed by atoms with E-state index in [2.05, 4.69) is 27.6 Å². The molecule has 1 unspecified atom stereocenters. The lowest BCUT2D eigenvalue weighted by Gasteiger charge is -2.08. The quantitative estimate of drug-likeness (QED) is 0.892. The fourth-order valence-electron chi connectivity index (χ4n) is 1.24. The van der Waals surface area contributed by atoms with Crippen molar-refractivity contribution in [2.45, 2.75) is 26.8 Å². The maximum absolute atomic E-state index is 4.45. The highest BCUT2D eigenvalue weighted by molar-refractivity contribution is 7.13. The Morgan fingerprint density at radius 1 is 1.13 bits per heavy atom. The van der Waals surface area contributed by atoms with Gasteiger partial charge in [-0.2, -0.15) is 0 Å². The van der Waals surface area contributed by atoms with Gasteiger partial charge in [0.15, 0.2) is 5.13 Å². The van der Waals surface area contributed by atoms with Gasteiger partial charge in [-0.05, 0) is 20.8 Å². The number of rotatable bonds is 3. The molecule has 3 nitrogen and oxygen atoms in total. The number of hydrogen-bond acceptors (Lipinski definition) is 5. The monoisotopic (exact) mass is 239 g/mol. The van der Waals surface area contributed by atoms with Gasteiger partial charge in [-0.15, -0.1) is 22.7 Å². The normalized spacial score (nSPS) is 12.7. The molecule has 0 aliphatic rings. The minimum atomic E-state index is 0.231. The summed E-state index contributed by atoms with van der Waals surface area (Å²) in [5.41, 5.74) is 2.14. The first kappa shape index (κ1) is 10.6. The first-order chi connectivity index (χ1) is 7.15. The molecule has 1 atom stereocenters. The molecule has 0 fully saturated rings. The summed E-state index contributed by atoms with van der Waals surface area (Å²) in [4.78, 5) is 8.81. The van der Waals surface area contributed by atoms with Crippen molar-refractivity contribution in [3.63, 3.8) is 0 Å². The Morgan fingerprint density at radius 2 is 1.80 bits per heavy atom. The summed E-state index contributed by atoms with van der Waals surface area (Å²) < 4.78 is 0. The van der Waals surface area contributed by atoms with Crippen LogP contribution in [0, 0.1) is 13.8 Å². The molecule has 2 heterocycles. The SMILES string of the molecule is Cc1csc(NC(C)c2nc(C)cs2)n1. The van der Waals surface area contributed by atoms with Crippen LogP contribution in [0.2, 0.25) is 0 Å². The van der Waals surface area contributed by atoms with Crippen molar-refractivity contribution in [1.29, 1.82) is 0 Å². The summed E-state index contributed by atoms with van der Waals surface area (Å²) in [7, 11) is 0. The minimum Gasteiger partial charge on any atom is -0.353 e. The lowest BCUT2D eigenvalue weighted by molar-refractivity contribution is 0.860. The summed E-state index contributed by atoms with van der Waals surface area (Å²) in [5, 5.41) is 9.54. The molecule has 0 saturated carbocycles. The zero-order valence-electron chi connectivity index (χ0n) is 8.94. The number of thiazole rings is 2. The van der Waals surface area contributed by atoms with Crippen LogP contribution >= 0.6 is 22.7 Å². The highest BCUT2D eigenvalue weighted by Gasteiger charge is 2.10. The third-order valence-corrected chi connectivity index (χ3v) is 4.00. The van der Waals surface area contributed by atoms with E-state index >= 15 is 0 Å². The smallest absolute Gasteiger partial charge is 0.183 e. The maximum atomic E-state index is 4.45. The standard InChI is InChI=1S/C10H13N3S2/c1-6-4-14-9(11-6)8(3)13-10-12-7(2)5-15-10/h4-5,8H,1-3H3,(H,12,13). The lowest BCUT2D eigenvalue weighted by Crippen LogP contribution is -2.05. The summed E-state index contributed by atoms with van der Waals surface area (Å²) in [6, 6.07) is 0.231. The van der Waals surface area contributed by atoms with Crippen LogP contribution in [-0.4, -0.2) is 9.97 Å². The molecule has 0 radical (unpaired) electrons. The van der Waals surface area contributed by atoms with Crippen LogP contribution in [0.3, 0.4) is 0 Å². The second-order valence-electron chi connectivity index (χ2n) is 3.49. The van der Waals surface area contributed by atoms with Crippen molar-refractivity contribution in [3.05, 3.63) is 27.2 Å².